The molecule has 0 unspecified atom stereocenters. The van der Waals surface area contributed by atoms with Gasteiger partial charge in [0.25, 0.3) is 0 Å². The van der Waals surface area contributed by atoms with Gasteiger partial charge in [0.15, 0.2) is 0 Å². The maximum Gasteiger partial charge on any atom is 0.217 e. The van der Waals surface area contributed by atoms with Gasteiger partial charge in [-0.1, -0.05) is 21.6 Å². The van der Waals surface area contributed by atoms with Crippen molar-refractivity contribution >= 4 is 45.3 Å². The minimum Gasteiger partial charge on any atom is -0.548 e. The highest BCUT2D eigenvalue weighted by Crippen LogP contribution is 2.22. The number of hydrogen-bond acceptors (Lipinski definition) is 8. The summed E-state index contributed by atoms with van der Waals surface area (Å²) >= 11 is 0. The van der Waals surface area contributed by atoms with Crippen LogP contribution in [-0.2, 0) is 19.2 Å². The molecule has 0 spiro atoms. The number of hydrogen-bond donors (Lipinski definition) is 4. The van der Waals surface area contributed by atoms with Gasteiger partial charge >= 0.3 is 0 Å². The minimum absolute atomic E-state index is 0.00637. The van der Waals surface area contributed by atoms with Crippen molar-refractivity contribution < 1.29 is 40.9 Å². The second-order valence-corrected chi connectivity index (χ2v) is 6.97. The Hall–Kier alpha value is -1.50. The van der Waals surface area contributed by atoms with Crippen molar-refractivity contribution in [1.29, 1.82) is 0 Å². The third-order valence-electron chi connectivity index (χ3n) is 2.13. The fourth-order valence-corrected chi connectivity index (χ4v) is 3.36. The summed E-state index contributed by atoms with van der Waals surface area (Å²) in [5.41, 5.74) is 7.08. The van der Waals surface area contributed by atoms with Crippen LogP contribution in [0.15, 0.2) is 0 Å². The monoisotopic (exact) mass is 384 g/mol. The lowest BCUT2D eigenvalue weighted by atomic mass is 10.3. The highest BCUT2D eigenvalue weighted by atomic mass is 33.1. The smallest absolute Gasteiger partial charge is 0.217 e. The Balaban J connectivity index is 0. The summed E-state index contributed by atoms with van der Waals surface area (Å²) in [5.74, 6) is -3.84. The first kappa shape index (κ1) is 24.7. The van der Waals surface area contributed by atoms with Crippen LogP contribution in [0.4, 0.5) is 0 Å². The Morgan fingerprint density at radius 1 is 0.833 bits per heavy atom. The van der Waals surface area contributed by atoms with Crippen LogP contribution in [0.3, 0.4) is 0 Å². The van der Waals surface area contributed by atoms with Gasteiger partial charge < -0.3 is 41.9 Å². The molecule has 12 heteroatoms. The van der Waals surface area contributed by atoms with Crippen molar-refractivity contribution in [2.75, 3.05) is 24.6 Å². The van der Waals surface area contributed by atoms with Crippen molar-refractivity contribution in [3.8, 4) is 0 Å². The van der Waals surface area contributed by atoms with Crippen LogP contribution in [0.1, 0.15) is 13.8 Å². The molecular formula is C12H24N4O6S2. The summed E-state index contributed by atoms with van der Waals surface area (Å²) in [6.07, 6.45) is 0. The molecule has 0 aliphatic carbocycles. The molecule has 0 rings (SSSR count). The summed E-state index contributed by atoms with van der Waals surface area (Å²) < 4.78 is 0. The summed E-state index contributed by atoms with van der Waals surface area (Å²) in [6, 6.07) is -2.32. The van der Waals surface area contributed by atoms with Crippen molar-refractivity contribution in [2.24, 2.45) is 0 Å². The van der Waals surface area contributed by atoms with E-state index in [2.05, 4.69) is 22.1 Å². The van der Waals surface area contributed by atoms with E-state index in [1.54, 1.807) is 0 Å². The molecule has 0 fully saturated rings. The summed E-state index contributed by atoms with van der Waals surface area (Å²) in [4.78, 5) is 42.9. The van der Waals surface area contributed by atoms with Gasteiger partial charge in [0.05, 0.1) is 24.0 Å². The van der Waals surface area contributed by atoms with E-state index in [1.165, 1.54) is 13.8 Å². The van der Waals surface area contributed by atoms with Crippen molar-refractivity contribution in [2.45, 2.75) is 25.9 Å². The molecule has 10 nitrogen and oxygen atoms in total. The van der Waals surface area contributed by atoms with Gasteiger partial charge in [-0.25, -0.2) is 0 Å². The molecule has 0 saturated heterocycles. The minimum atomic E-state index is -1.42. The normalized spacial score (nSPS) is 12.2. The van der Waals surface area contributed by atoms with E-state index in [-0.39, 0.29) is 11.5 Å². The third kappa shape index (κ3) is 15.4. The SMILES string of the molecule is CC(=O)N[C@@H](CSSC[C@H](NC(C)=O)C(=O)[O-])C(=O)[O-].[NH3+]CC[NH3+]. The number of carbonyl (C=O) groups is 4. The number of carboxylic acids is 2. The number of amides is 2. The molecular weight excluding hydrogens is 360 g/mol. The zero-order valence-corrected chi connectivity index (χ0v) is 15.3. The Labute approximate surface area is 147 Å². The number of nitrogens with one attached hydrogen (secondary N) is 2. The van der Waals surface area contributed by atoms with Crippen molar-refractivity contribution in [3.05, 3.63) is 0 Å². The maximum absolute atomic E-state index is 10.8. The first-order valence-corrected chi connectivity index (χ1v) is 9.43. The van der Waals surface area contributed by atoms with Crippen LogP contribution in [0.5, 0.6) is 0 Å². The van der Waals surface area contributed by atoms with E-state index >= 15 is 0 Å². The van der Waals surface area contributed by atoms with Crippen LogP contribution in [0, 0.1) is 0 Å². The Kier molecular flexibility index (Phi) is 15.5. The third-order valence-corrected chi connectivity index (χ3v) is 4.55. The second kappa shape index (κ2) is 15.1. The Morgan fingerprint density at radius 3 is 1.29 bits per heavy atom. The van der Waals surface area contributed by atoms with Gasteiger partial charge in [0, 0.05) is 25.4 Å². The van der Waals surface area contributed by atoms with E-state index < -0.39 is 35.8 Å². The summed E-state index contributed by atoms with van der Waals surface area (Å²) in [5, 5.41) is 25.8. The van der Waals surface area contributed by atoms with Crippen LogP contribution >= 0.6 is 21.6 Å². The van der Waals surface area contributed by atoms with Gasteiger partial charge in [-0.2, -0.15) is 0 Å². The fourth-order valence-electron chi connectivity index (χ4n) is 1.06. The molecule has 0 bridgehead atoms. The quantitative estimate of drug-likeness (QED) is 0.211. The standard InChI is InChI=1S/C10H16N2O6S2.C2H8N2/c1-5(13)11-7(9(15)16)3-19-20-4-8(10(17)18)12-6(2)14;3-1-2-4/h7-8H,3-4H2,1-2H3,(H,11,13)(H,12,14)(H,15,16)(H,17,18);1-4H2/t7-,8-;/m0./s1. The number of aliphatic carboxylic acids is 2. The van der Waals surface area contributed by atoms with Crippen molar-refractivity contribution in [3.63, 3.8) is 0 Å². The number of rotatable bonds is 10. The zero-order valence-electron chi connectivity index (χ0n) is 13.7. The molecule has 0 aromatic rings. The highest BCUT2D eigenvalue weighted by Gasteiger charge is 2.14. The van der Waals surface area contributed by atoms with Crippen LogP contribution in [0.2, 0.25) is 0 Å². The fraction of sp³-hybridized carbons (Fsp3) is 0.667. The van der Waals surface area contributed by atoms with Gasteiger partial charge in [0.1, 0.15) is 13.1 Å². The number of carboxylic acid groups (broad SMARTS) is 2. The molecule has 2 atom stereocenters. The predicted molar refractivity (Wildman–Crippen MR) is 85.6 cm³/mol. The first-order chi connectivity index (χ1) is 11.1. The van der Waals surface area contributed by atoms with E-state index in [1.807, 2.05) is 0 Å². The maximum atomic E-state index is 10.8. The Bertz CT molecular complexity index is 386. The lowest BCUT2D eigenvalue weighted by molar-refractivity contribution is -0.453. The van der Waals surface area contributed by atoms with Crippen LogP contribution < -0.4 is 32.3 Å². The second-order valence-electron chi connectivity index (χ2n) is 4.42. The first-order valence-electron chi connectivity index (χ1n) is 6.94. The lowest BCUT2D eigenvalue weighted by Crippen LogP contribution is -2.64. The molecule has 140 valence electrons. The molecule has 2 amide bonds. The summed E-state index contributed by atoms with van der Waals surface area (Å²) in [6.45, 7) is 4.27. The average Bonchev–Trinajstić information content (AvgIpc) is 2.48. The number of carbonyl (C=O) groups excluding carboxylic acids is 4. The highest BCUT2D eigenvalue weighted by molar-refractivity contribution is 8.76. The van der Waals surface area contributed by atoms with Gasteiger partial charge in [-0.15, -0.1) is 0 Å². The molecule has 0 saturated carbocycles. The predicted octanol–water partition coefficient (Wildman–Crippen LogP) is -5.65. The molecule has 0 aliphatic heterocycles. The van der Waals surface area contributed by atoms with Crippen LogP contribution in [-0.4, -0.2) is 60.4 Å². The van der Waals surface area contributed by atoms with Gasteiger partial charge in [-0.05, 0) is 0 Å². The Morgan fingerprint density at radius 2 is 1.12 bits per heavy atom. The van der Waals surface area contributed by atoms with E-state index in [0.717, 1.165) is 34.7 Å². The number of quaternary nitrogens is 2. The van der Waals surface area contributed by atoms with Gasteiger partial charge in [0.2, 0.25) is 11.8 Å². The molecule has 0 aromatic carbocycles. The molecule has 0 aromatic heterocycles. The molecule has 8 N–H and O–H groups in total. The lowest BCUT2D eigenvalue weighted by Gasteiger charge is -2.20. The van der Waals surface area contributed by atoms with E-state index in [0.29, 0.717) is 0 Å². The largest absolute Gasteiger partial charge is 0.548 e. The molecule has 0 radical (unpaired) electrons. The van der Waals surface area contributed by atoms with Crippen LogP contribution in [0.25, 0.3) is 0 Å². The topological polar surface area (TPSA) is 194 Å². The average molecular weight is 384 g/mol. The summed E-state index contributed by atoms with van der Waals surface area (Å²) in [7, 11) is 2.09. The zero-order chi connectivity index (χ0) is 19.1. The van der Waals surface area contributed by atoms with Crippen molar-refractivity contribution in [1.82, 2.24) is 10.6 Å². The molecule has 24 heavy (non-hydrogen) atoms. The van der Waals surface area contributed by atoms with E-state index in [4.69, 9.17) is 0 Å². The van der Waals surface area contributed by atoms with Gasteiger partial charge in [-0.3, -0.25) is 9.59 Å². The molecule has 0 heterocycles. The molecule has 0 aliphatic rings. The van der Waals surface area contributed by atoms with E-state index in [9.17, 15) is 29.4 Å².